The number of rotatable bonds is 16. The number of nitrogens with two attached hydrogens (primary N) is 2. The summed E-state index contributed by atoms with van der Waals surface area (Å²) in [4.78, 5) is 12.5. The van der Waals surface area contributed by atoms with Crippen LogP contribution in [-0.2, 0) is 0 Å². The minimum atomic E-state index is 0.0606. The standard InChI is InChI=1S/C41H50N6O3S/c1-29(28-47-36-8-4-5-9-38(36)51-39-19-18-35(48-2)26-37(39)47)27-46-22-20-32(21-23-46)45-41(44)31-12-16-34(17-13-31)50-25-7-3-6-24-49-33-14-10-30(11-15-33)40(42)43/h4-5,8-19,26,29,32H,3,6-7,20-25,27-28H2,1-2H3,(H3,42,43)(H2,44,45). The summed E-state index contributed by atoms with van der Waals surface area (Å²) in [6, 6.07) is 30.6. The molecule has 1 unspecified atom stereocenters. The molecule has 5 N–H and O–H groups in total. The van der Waals surface area contributed by atoms with E-state index < -0.39 is 0 Å². The van der Waals surface area contributed by atoms with E-state index in [4.69, 9.17) is 36.1 Å². The summed E-state index contributed by atoms with van der Waals surface area (Å²) in [6.45, 7) is 7.69. The van der Waals surface area contributed by atoms with Crippen molar-refractivity contribution < 1.29 is 14.2 Å². The molecular weight excluding hydrogens is 657 g/mol. The number of para-hydroxylation sites is 1. The Balaban J connectivity index is 0.903. The maximum absolute atomic E-state index is 7.47. The topological polar surface area (TPSA) is 122 Å². The average Bonchev–Trinajstić information content (AvgIpc) is 3.15. The molecule has 0 spiro atoms. The highest BCUT2D eigenvalue weighted by Gasteiger charge is 2.27. The van der Waals surface area contributed by atoms with Gasteiger partial charge in [0.1, 0.15) is 28.9 Å². The molecule has 9 nitrogen and oxygen atoms in total. The van der Waals surface area contributed by atoms with Crippen LogP contribution in [0.5, 0.6) is 17.2 Å². The summed E-state index contributed by atoms with van der Waals surface area (Å²) in [5.74, 6) is 3.65. The number of amidine groups is 2. The number of aliphatic imine (C=N–C) groups is 1. The van der Waals surface area contributed by atoms with E-state index in [1.165, 1.54) is 21.2 Å². The average molecular weight is 707 g/mol. The van der Waals surface area contributed by atoms with Crippen molar-refractivity contribution in [3.05, 3.63) is 102 Å². The molecule has 2 aliphatic heterocycles. The van der Waals surface area contributed by atoms with Crippen molar-refractivity contribution in [2.75, 3.05) is 51.4 Å². The van der Waals surface area contributed by atoms with Gasteiger partial charge in [0.15, 0.2) is 0 Å². The van der Waals surface area contributed by atoms with Crippen LogP contribution in [0.1, 0.15) is 50.2 Å². The minimum Gasteiger partial charge on any atom is -0.497 e. The van der Waals surface area contributed by atoms with Gasteiger partial charge in [-0.05, 0) is 111 Å². The molecule has 1 fully saturated rings. The molecule has 0 aromatic heterocycles. The minimum absolute atomic E-state index is 0.0606. The normalized spacial score (nSPS) is 15.5. The second kappa shape index (κ2) is 17.5. The molecule has 1 atom stereocenters. The second-order valence-electron chi connectivity index (χ2n) is 13.4. The summed E-state index contributed by atoms with van der Waals surface area (Å²) in [6.07, 6.45) is 4.92. The number of nitrogens with zero attached hydrogens (tertiary/aromatic N) is 3. The number of anilines is 2. The number of unbranched alkanes of at least 4 members (excludes halogenated alkanes) is 2. The van der Waals surface area contributed by atoms with Gasteiger partial charge in [-0.15, -0.1) is 0 Å². The number of nitrogens with one attached hydrogen (secondary N) is 1. The molecule has 0 bridgehead atoms. The zero-order valence-corrected chi connectivity index (χ0v) is 30.5. The molecule has 0 aliphatic carbocycles. The van der Waals surface area contributed by atoms with Crippen molar-refractivity contribution >= 4 is 34.8 Å². The third kappa shape index (κ3) is 9.77. The van der Waals surface area contributed by atoms with Crippen molar-refractivity contribution in [2.45, 2.75) is 54.9 Å². The van der Waals surface area contributed by atoms with E-state index in [1.54, 1.807) is 19.2 Å². The first-order valence-corrected chi connectivity index (χ1v) is 18.8. The molecule has 51 heavy (non-hydrogen) atoms. The predicted molar refractivity (Wildman–Crippen MR) is 209 cm³/mol. The van der Waals surface area contributed by atoms with E-state index >= 15 is 0 Å². The molecule has 6 rings (SSSR count). The van der Waals surface area contributed by atoms with Crippen LogP contribution in [0.25, 0.3) is 0 Å². The van der Waals surface area contributed by atoms with Gasteiger partial charge in [0.2, 0.25) is 0 Å². The molecule has 0 radical (unpaired) electrons. The van der Waals surface area contributed by atoms with Crippen molar-refractivity contribution in [3.8, 4) is 17.2 Å². The van der Waals surface area contributed by atoms with Crippen molar-refractivity contribution in [1.29, 1.82) is 5.41 Å². The van der Waals surface area contributed by atoms with Gasteiger partial charge in [0, 0.05) is 53.2 Å². The highest BCUT2D eigenvalue weighted by atomic mass is 32.2. The molecule has 4 aromatic rings. The van der Waals surface area contributed by atoms with Crippen LogP contribution in [0.15, 0.2) is 106 Å². The van der Waals surface area contributed by atoms with Gasteiger partial charge in [0.05, 0.1) is 37.7 Å². The fourth-order valence-corrected chi connectivity index (χ4v) is 7.73. The van der Waals surface area contributed by atoms with Gasteiger partial charge in [0.25, 0.3) is 0 Å². The quantitative estimate of drug-likeness (QED) is 0.0615. The highest BCUT2D eigenvalue weighted by Crippen LogP contribution is 2.49. The van der Waals surface area contributed by atoms with E-state index in [2.05, 4.69) is 53.1 Å². The first-order chi connectivity index (χ1) is 24.9. The van der Waals surface area contributed by atoms with Gasteiger partial charge in [-0.1, -0.05) is 30.8 Å². The Morgan fingerprint density at radius 1 is 0.784 bits per heavy atom. The molecule has 268 valence electrons. The number of nitrogen functional groups attached to an aromatic ring is 1. The number of likely N-dealkylation sites (tertiary alicyclic amines) is 1. The van der Waals surface area contributed by atoms with E-state index in [0.29, 0.717) is 30.5 Å². The Bertz CT molecular complexity index is 1770. The summed E-state index contributed by atoms with van der Waals surface area (Å²) < 4.78 is 17.3. The summed E-state index contributed by atoms with van der Waals surface area (Å²) in [5.41, 5.74) is 16.1. The van der Waals surface area contributed by atoms with Crippen LogP contribution >= 0.6 is 11.8 Å². The van der Waals surface area contributed by atoms with E-state index in [9.17, 15) is 0 Å². The number of ether oxygens (including phenoxy) is 3. The molecular formula is C41H50N6O3S. The zero-order valence-electron chi connectivity index (χ0n) is 29.7. The van der Waals surface area contributed by atoms with Crippen LogP contribution in [0.2, 0.25) is 0 Å². The monoisotopic (exact) mass is 706 g/mol. The van der Waals surface area contributed by atoms with Gasteiger partial charge in [-0.25, -0.2) is 0 Å². The van der Waals surface area contributed by atoms with E-state index in [1.807, 2.05) is 54.2 Å². The maximum Gasteiger partial charge on any atom is 0.125 e. The summed E-state index contributed by atoms with van der Waals surface area (Å²) in [7, 11) is 1.73. The molecule has 2 heterocycles. The molecule has 0 saturated carbocycles. The number of hydrogen-bond donors (Lipinski definition) is 3. The Labute approximate surface area is 306 Å². The van der Waals surface area contributed by atoms with Crippen LogP contribution < -0.4 is 30.6 Å². The van der Waals surface area contributed by atoms with Crippen LogP contribution in [0.4, 0.5) is 11.4 Å². The third-order valence-electron chi connectivity index (χ3n) is 9.42. The Hall–Kier alpha value is -4.67. The fourth-order valence-electron chi connectivity index (χ4n) is 6.66. The Morgan fingerprint density at radius 3 is 2.04 bits per heavy atom. The lowest BCUT2D eigenvalue weighted by Gasteiger charge is -2.37. The Morgan fingerprint density at radius 2 is 1.39 bits per heavy atom. The number of hydrogen-bond acceptors (Lipinski definition) is 8. The summed E-state index contributed by atoms with van der Waals surface area (Å²) in [5, 5.41) is 7.47. The lowest BCUT2D eigenvalue weighted by atomic mass is 10.0. The SMILES string of the molecule is COc1ccc2c(c1)N(CC(C)CN1CCC(N=C(N)c3ccc(OCCCCCOc4ccc(C(=N)N)cc4)cc3)CC1)c1ccccc1S2. The lowest BCUT2D eigenvalue weighted by molar-refractivity contribution is 0.190. The third-order valence-corrected chi connectivity index (χ3v) is 10.5. The smallest absolute Gasteiger partial charge is 0.125 e. The molecule has 2 aliphatic rings. The van der Waals surface area contributed by atoms with Crippen LogP contribution in [0.3, 0.4) is 0 Å². The molecule has 1 saturated heterocycles. The first kappa shape index (κ1) is 36.1. The van der Waals surface area contributed by atoms with Gasteiger partial charge >= 0.3 is 0 Å². The van der Waals surface area contributed by atoms with E-state index in [0.717, 1.165) is 81.1 Å². The molecule has 10 heteroatoms. The Kier molecular flexibility index (Phi) is 12.4. The number of piperidine rings is 1. The van der Waals surface area contributed by atoms with Gasteiger partial charge in [-0.2, -0.15) is 0 Å². The second-order valence-corrected chi connectivity index (χ2v) is 14.5. The van der Waals surface area contributed by atoms with Crippen molar-refractivity contribution in [2.24, 2.45) is 22.4 Å². The van der Waals surface area contributed by atoms with Gasteiger partial charge < -0.3 is 35.5 Å². The highest BCUT2D eigenvalue weighted by molar-refractivity contribution is 7.99. The van der Waals surface area contributed by atoms with Crippen LogP contribution in [0, 0.1) is 11.3 Å². The zero-order chi connectivity index (χ0) is 35.6. The largest absolute Gasteiger partial charge is 0.497 e. The molecule has 4 aromatic carbocycles. The number of methoxy groups -OCH3 is 1. The fraction of sp³-hybridized carbons (Fsp3) is 0.366. The van der Waals surface area contributed by atoms with Crippen LogP contribution in [-0.4, -0.2) is 69.1 Å². The lowest BCUT2D eigenvalue weighted by Crippen LogP contribution is -2.40. The number of benzene rings is 4. The van der Waals surface area contributed by atoms with Crippen molar-refractivity contribution in [3.63, 3.8) is 0 Å². The maximum atomic E-state index is 7.47. The first-order valence-electron chi connectivity index (χ1n) is 17.9. The van der Waals surface area contributed by atoms with Crippen molar-refractivity contribution in [1.82, 2.24) is 4.90 Å². The predicted octanol–water partition coefficient (Wildman–Crippen LogP) is 7.72. The number of fused-ring (bicyclic) bond motifs is 2. The van der Waals surface area contributed by atoms with Gasteiger partial charge in [-0.3, -0.25) is 10.4 Å². The summed E-state index contributed by atoms with van der Waals surface area (Å²) >= 11 is 1.83. The molecule has 0 amide bonds. The van der Waals surface area contributed by atoms with E-state index in [-0.39, 0.29) is 11.9 Å².